The highest BCUT2D eigenvalue weighted by atomic mass is 35.5. The summed E-state index contributed by atoms with van der Waals surface area (Å²) in [6.45, 7) is 0.673. The summed E-state index contributed by atoms with van der Waals surface area (Å²) >= 11 is 12.0. The fourth-order valence-corrected chi connectivity index (χ4v) is 4.98. The van der Waals surface area contributed by atoms with Gasteiger partial charge in [-0.2, -0.15) is 4.98 Å². The Hall–Kier alpha value is -2.05. The number of hydrogen-bond acceptors (Lipinski definition) is 5. The molecule has 1 amide bonds. The number of halogens is 2. The van der Waals surface area contributed by atoms with Crippen molar-refractivity contribution in [2.45, 2.75) is 57.4 Å². The summed E-state index contributed by atoms with van der Waals surface area (Å²) in [6.07, 6.45) is 8.75. The van der Waals surface area contributed by atoms with Gasteiger partial charge in [0, 0.05) is 37.8 Å². The van der Waals surface area contributed by atoms with Crippen LogP contribution in [0.2, 0.25) is 10.0 Å². The molecule has 0 bridgehead atoms. The number of rotatable bonds is 6. The number of nitrogens with one attached hydrogen (secondary N) is 2. The monoisotopic (exact) mass is 475 g/mol. The maximum absolute atomic E-state index is 12.4. The van der Waals surface area contributed by atoms with E-state index in [9.17, 15) is 4.79 Å². The van der Waals surface area contributed by atoms with Crippen LogP contribution in [0.15, 0.2) is 18.2 Å². The number of benzene rings is 1. The number of aryl methyl sites for hydroxylation is 1. The molecule has 0 radical (unpaired) electrons. The Morgan fingerprint density at radius 3 is 2.53 bits per heavy atom. The molecule has 2 aliphatic rings. The molecule has 6 nitrogen and oxygen atoms in total. The third-order valence-corrected chi connectivity index (χ3v) is 7.24. The van der Waals surface area contributed by atoms with E-state index in [1.807, 2.05) is 0 Å². The topological polar surface area (TPSA) is 70.2 Å². The van der Waals surface area contributed by atoms with Gasteiger partial charge in [-0.3, -0.25) is 4.79 Å². The maximum atomic E-state index is 12.4. The Balaban J connectivity index is 1.29. The zero-order valence-corrected chi connectivity index (χ0v) is 20.3. The molecule has 1 saturated carbocycles. The minimum Gasteiger partial charge on any atom is -0.362 e. The standard InChI is InChI=1S/C24H31Cl2N5O/c1-31(2)22-18-5-3-4-6-21(18)29-24(30-22)28-17-10-7-15(8-11-17)14-27-23(32)16-9-12-19(25)20(26)13-16/h9,12-13,15,17H,3-8,10-11,14H2,1-2H3,(H,27,32)(H,28,29,30). The molecule has 8 heteroatoms. The van der Waals surface area contributed by atoms with E-state index in [1.54, 1.807) is 18.2 Å². The Labute approximate surface area is 200 Å². The summed E-state index contributed by atoms with van der Waals surface area (Å²) in [5.41, 5.74) is 3.06. The van der Waals surface area contributed by atoms with Gasteiger partial charge in [0.05, 0.1) is 15.7 Å². The smallest absolute Gasteiger partial charge is 0.251 e. The molecule has 32 heavy (non-hydrogen) atoms. The Morgan fingerprint density at radius 1 is 1.06 bits per heavy atom. The normalized spacial score (nSPS) is 20.4. The largest absolute Gasteiger partial charge is 0.362 e. The van der Waals surface area contributed by atoms with Crippen LogP contribution in [0.3, 0.4) is 0 Å². The third-order valence-electron chi connectivity index (χ3n) is 6.50. The Morgan fingerprint density at radius 2 is 1.81 bits per heavy atom. The molecule has 2 aliphatic carbocycles. The summed E-state index contributed by atoms with van der Waals surface area (Å²) in [4.78, 5) is 24.2. The van der Waals surface area contributed by atoms with Gasteiger partial charge in [-0.15, -0.1) is 0 Å². The minimum atomic E-state index is -0.109. The fourth-order valence-electron chi connectivity index (χ4n) is 4.68. The van der Waals surface area contributed by atoms with E-state index in [0.29, 0.717) is 34.1 Å². The summed E-state index contributed by atoms with van der Waals surface area (Å²) in [6, 6.07) is 5.33. The van der Waals surface area contributed by atoms with Crippen molar-refractivity contribution in [3.05, 3.63) is 45.1 Å². The first-order valence-electron chi connectivity index (χ1n) is 11.5. The van der Waals surface area contributed by atoms with Crippen LogP contribution in [0, 0.1) is 5.92 Å². The second-order valence-corrected chi connectivity index (χ2v) is 9.91. The van der Waals surface area contributed by atoms with Gasteiger partial charge in [-0.05, 0) is 75.5 Å². The predicted molar refractivity (Wildman–Crippen MR) is 131 cm³/mol. The minimum absolute atomic E-state index is 0.109. The zero-order chi connectivity index (χ0) is 22.7. The lowest BCUT2D eigenvalue weighted by molar-refractivity contribution is 0.0943. The van der Waals surface area contributed by atoms with Gasteiger partial charge in [-0.25, -0.2) is 4.98 Å². The Bertz CT molecular complexity index is 973. The van der Waals surface area contributed by atoms with Gasteiger partial charge < -0.3 is 15.5 Å². The highest BCUT2D eigenvalue weighted by Crippen LogP contribution is 2.30. The van der Waals surface area contributed by atoms with Crippen LogP contribution < -0.4 is 15.5 Å². The number of nitrogens with zero attached hydrogens (tertiary/aromatic N) is 3. The fraction of sp³-hybridized carbons (Fsp3) is 0.542. The maximum Gasteiger partial charge on any atom is 0.251 e. The molecular formula is C24H31Cl2N5O. The van der Waals surface area contributed by atoms with Crippen LogP contribution in [0.1, 0.15) is 60.1 Å². The number of aromatic nitrogens is 2. The number of amides is 1. The molecule has 1 fully saturated rings. The van der Waals surface area contributed by atoms with E-state index >= 15 is 0 Å². The van der Waals surface area contributed by atoms with Crippen molar-refractivity contribution in [1.29, 1.82) is 0 Å². The van der Waals surface area contributed by atoms with Crippen molar-refractivity contribution in [1.82, 2.24) is 15.3 Å². The lowest BCUT2D eigenvalue weighted by Crippen LogP contribution is -2.34. The first-order valence-corrected chi connectivity index (χ1v) is 12.2. The second kappa shape index (κ2) is 10.3. The molecule has 1 heterocycles. The quantitative estimate of drug-likeness (QED) is 0.605. The summed E-state index contributed by atoms with van der Waals surface area (Å²) in [5, 5.41) is 7.48. The van der Waals surface area contributed by atoms with Crippen molar-refractivity contribution in [2.24, 2.45) is 5.92 Å². The molecule has 0 spiro atoms. The molecule has 2 aromatic rings. The number of fused-ring (bicyclic) bond motifs is 1. The van der Waals surface area contributed by atoms with Gasteiger partial charge in [0.15, 0.2) is 0 Å². The summed E-state index contributed by atoms with van der Waals surface area (Å²) in [5.74, 6) is 2.17. The summed E-state index contributed by atoms with van der Waals surface area (Å²) < 4.78 is 0. The molecule has 0 unspecified atom stereocenters. The van der Waals surface area contributed by atoms with Gasteiger partial charge >= 0.3 is 0 Å². The molecule has 0 aliphatic heterocycles. The van der Waals surface area contributed by atoms with Crippen molar-refractivity contribution < 1.29 is 4.79 Å². The highest BCUT2D eigenvalue weighted by molar-refractivity contribution is 6.42. The van der Waals surface area contributed by atoms with Crippen LogP contribution >= 0.6 is 23.2 Å². The van der Waals surface area contributed by atoms with Gasteiger partial charge in [0.25, 0.3) is 5.91 Å². The first kappa shape index (κ1) is 23.1. The van der Waals surface area contributed by atoms with Crippen molar-refractivity contribution in [3.63, 3.8) is 0 Å². The van der Waals surface area contributed by atoms with E-state index in [-0.39, 0.29) is 5.91 Å². The van der Waals surface area contributed by atoms with Crippen molar-refractivity contribution >= 4 is 40.9 Å². The second-order valence-electron chi connectivity index (χ2n) is 9.10. The Kier molecular flexibility index (Phi) is 7.41. The van der Waals surface area contributed by atoms with Gasteiger partial charge in [0.1, 0.15) is 5.82 Å². The first-order chi connectivity index (χ1) is 15.4. The van der Waals surface area contributed by atoms with E-state index in [4.69, 9.17) is 33.2 Å². The lowest BCUT2D eigenvalue weighted by Gasteiger charge is -2.30. The van der Waals surface area contributed by atoms with Gasteiger partial charge in [0.2, 0.25) is 5.95 Å². The van der Waals surface area contributed by atoms with Crippen LogP contribution in [0.25, 0.3) is 0 Å². The average molecular weight is 476 g/mol. The van der Waals surface area contributed by atoms with Crippen LogP contribution in [0.4, 0.5) is 11.8 Å². The molecule has 172 valence electrons. The van der Waals surface area contributed by atoms with E-state index < -0.39 is 0 Å². The van der Waals surface area contributed by atoms with Crippen LogP contribution in [-0.2, 0) is 12.8 Å². The van der Waals surface area contributed by atoms with Crippen LogP contribution in [0.5, 0.6) is 0 Å². The van der Waals surface area contributed by atoms with Crippen LogP contribution in [-0.4, -0.2) is 42.6 Å². The molecular weight excluding hydrogens is 445 g/mol. The zero-order valence-electron chi connectivity index (χ0n) is 18.8. The van der Waals surface area contributed by atoms with Crippen molar-refractivity contribution in [2.75, 3.05) is 30.9 Å². The molecule has 1 aromatic carbocycles. The average Bonchev–Trinajstić information content (AvgIpc) is 2.79. The summed E-state index contributed by atoms with van der Waals surface area (Å²) in [7, 11) is 4.11. The van der Waals surface area contributed by atoms with Gasteiger partial charge in [-0.1, -0.05) is 23.2 Å². The number of carbonyl (C=O) groups excluding carboxylic acids is 1. The van der Waals surface area contributed by atoms with E-state index in [0.717, 1.165) is 50.3 Å². The number of anilines is 2. The lowest BCUT2D eigenvalue weighted by atomic mass is 9.86. The molecule has 2 N–H and O–H groups in total. The molecule has 0 atom stereocenters. The predicted octanol–water partition coefficient (Wildman–Crippen LogP) is 5.13. The number of hydrogen-bond donors (Lipinski definition) is 2. The number of carbonyl (C=O) groups is 1. The molecule has 4 rings (SSSR count). The van der Waals surface area contributed by atoms with E-state index in [1.165, 1.54) is 24.1 Å². The SMILES string of the molecule is CN(C)c1nc(NC2CCC(CNC(=O)c3ccc(Cl)c(Cl)c3)CC2)nc2c1CCCC2. The highest BCUT2D eigenvalue weighted by Gasteiger charge is 2.24. The molecule has 1 aromatic heterocycles. The van der Waals surface area contributed by atoms with Crippen molar-refractivity contribution in [3.8, 4) is 0 Å². The third kappa shape index (κ3) is 5.46. The molecule has 0 saturated heterocycles. The van der Waals surface area contributed by atoms with E-state index in [2.05, 4.69) is 29.6 Å².